The third-order valence-corrected chi connectivity index (χ3v) is 6.95. The molecule has 2 aliphatic heterocycles. The fourth-order valence-corrected chi connectivity index (χ4v) is 5.05. The van der Waals surface area contributed by atoms with Crippen LogP contribution in [0.1, 0.15) is 60.8 Å². The van der Waals surface area contributed by atoms with E-state index >= 15 is 0 Å². The molecule has 2 amide bonds. The van der Waals surface area contributed by atoms with Gasteiger partial charge in [0.25, 0.3) is 0 Å². The minimum atomic E-state index is -0.498. The first-order valence-corrected chi connectivity index (χ1v) is 11.8. The maximum atomic E-state index is 13.4. The Kier molecular flexibility index (Phi) is 10.9. The zero-order valence-corrected chi connectivity index (χ0v) is 20.5. The van der Waals surface area contributed by atoms with Crippen LogP contribution in [-0.2, 0) is 9.59 Å². The Morgan fingerprint density at radius 2 is 2.00 bits per heavy atom. The number of nitrogens with one attached hydrogen (secondary N) is 2. The molecule has 0 saturated carbocycles. The van der Waals surface area contributed by atoms with E-state index in [4.69, 9.17) is 11.6 Å². The van der Waals surface area contributed by atoms with Crippen molar-refractivity contribution in [2.24, 2.45) is 17.3 Å². The highest BCUT2D eigenvalue weighted by Gasteiger charge is 2.41. The third-order valence-electron chi connectivity index (χ3n) is 6.63. The van der Waals surface area contributed by atoms with Gasteiger partial charge in [0.1, 0.15) is 6.04 Å². The molecule has 1 saturated heterocycles. The number of piperidine rings is 1. The van der Waals surface area contributed by atoms with Crippen molar-refractivity contribution in [3.63, 3.8) is 0 Å². The highest BCUT2D eigenvalue weighted by molar-refractivity contribution is 6.29. The van der Waals surface area contributed by atoms with Crippen LogP contribution in [0.15, 0.2) is 46.7 Å². The Labute approximate surface area is 204 Å². The Hall–Kier alpha value is -2.05. The molecular weight excluding hydrogens is 438 g/mol. The highest BCUT2D eigenvalue weighted by Crippen LogP contribution is 2.43. The second-order valence-electron chi connectivity index (χ2n) is 9.93. The molecule has 33 heavy (non-hydrogen) atoms. The molecule has 1 fully saturated rings. The van der Waals surface area contributed by atoms with Gasteiger partial charge in [-0.05, 0) is 60.4 Å². The topological polar surface area (TPSA) is 92.9 Å². The molecule has 1 aliphatic carbocycles. The molecule has 2 heterocycles. The maximum Gasteiger partial charge on any atom is 0.245 e. The van der Waals surface area contributed by atoms with Crippen molar-refractivity contribution in [1.82, 2.24) is 15.5 Å². The number of halogens is 1. The van der Waals surface area contributed by atoms with E-state index in [1.165, 1.54) is 5.57 Å². The number of rotatable bonds is 6. The number of carbonyl (C=O) groups excluding carboxylic acids is 2. The summed E-state index contributed by atoms with van der Waals surface area (Å²) in [5, 5.41) is 7.01. The molecule has 2 atom stereocenters. The maximum absolute atomic E-state index is 13.4. The lowest BCUT2D eigenvalue weighted by Gasteiger charge is -2.46. The zero-order valence-electron chi connectivity index (χ0n) is 19.7. The van der Waals surface area contributed by atoms with Gasteiger partial charge in [0.15, 0.2) is 0 Å². The van der Waals surface area contributed by atoms with Crippen LogP contribution in [0.4, 0.5) is 0 Å². The van der Waals surface area contributed by atoms with Gasteiger partial charge in [-0.1, -0.05) is 64.4 Å². The van der Waals surface area contributed by atoms with Gasteiger partial charge >= 0.3 is 0 Å². The monoisotopic (exact) mass is 479 g/mol. The fraction of sp³-hybridized carbons (Fsp3) is 0.615. The van der Waals surface area contributed by atoms with Crippen molar-refractivity contribution in [3.8, 4) is 0 Å². The van der Waals surface area contributed by atoms with Gasteiger partial charge in [0, 0.05) is 24.7 Å². The van der Waals surface area contributed by atoms with E-state index in [0.717, 1.165) is 43.0 Å². The molecular formula is C26H42ClN3O3. The van der Waals surface area contributed by atoms with Crippen molar-refractivity contribution in [3.05, 3.63) is 46.7 Å². The first-order chi connectivity index (χ1) is 14.7. The van der Waals surface area contributed by atoms with Crippen molar-refractivity contribution in [2.75, 3.05) is 19.6 Å². The minimum Gasteiger partial charge on any atom is -0.412 e. The second-order valence-corrected chi connectivity index (χ2v) is 10.4. The van der Waals surface area contributed by atoms with Gasteiger partial charge in [-0.25, -0.2) is 0 Å². The summed E-state index contributed by atoms with van der Waals surface area (Å²) in [6, 6.07) is -0.498. The first-order valence-electron chi connectivity index (χ1n) is 11.4. The van der Waals surface area contributed by atoms with Crippen LogP contribution in [0.3, 0.4) is 0 Å². The smallest absolute Gasteiger partial charge is 0.245 e. The Bertz CT molecular complexity index is 827. The minimum absolute atomic E-state index is 0. The quantitative estimate of drug-likeness (QED) is 0.600. The van der Waals surface area contributed by atoms with Crippen molar-refractivity contribution < 1.29 is 15.1 Å². The van der Waals surface area contributed by atoms with Crippen LogP contribution < -0.4 is 10.6 Å². The molecule has 0 aromatic rings. The van der Waals surface area contributed by atoms with Crippen LogP contribution in [0, 0.1) is 17.3 Å². The molecule has 0 unspecified atom stereocenters. The molecule has 0 aromatic carbocycles. The number of amides is 2. The van der Waals surface area contributed by atoms with Gasteiger partial charge in [-0.3, -0.25) is 9.59 Å². The summed E-state index contributed by atoms with van der Waals surface area (Å²) < 4.78 is 0. The standard InChI is InChI=1S/C25H36ClN3O2.CH4.H2O/c1-17(2)23(28-22(30)15-18-9-12-27-13-10-18)24(31)29-14-11-21(25(3,4)16-29)19-5-7-20(26)8-6-19;;/h5,7,9-10,12,17,21,23,27H,6,8,11,13-16H2,1-4H3,(H,28,30);1H4;1H2/t21-,23-;;/m1../s1. The number of dihydropyridines is 1. The van der Waals surface area contributed by atoms with Crippen molar-refractivity contribution >= 4 is 23.4 Å². The number of allylic oxidation sites excluding steroid dienone is 5. The van der Waals surface area contributed by atoms with Crippen LogP contribution in [-0.4, -0.2) is 47.9 Å². The normalized spacial score (nSPS) is 22.5. The van der Waals surface area contributed by atoms with Crippen LogP contribution in [0.2, 0.25) is 0 Å². The Morgan fingerprint density at radius 3 is 2.55 bits per heavy atom. The molecule has 7 heteroatoms. The summed E-state index contributed by atoms with van der Waals surface area (Å²) in [6.45, 7) is 10.6. The van der Waals surface area contributed by atoms with E-state index in [9.17, 15) is 9.59 Å². The summed E-state index contributed by atoms with van der Waals surface area (Å²) >= 11 is 6.14. The van der Waals surface area contributed by atoms with E-state index < -0.39 is 6.04 Å². The van der Waals surface area contributed by atoms with Gasteiger partial charge in [0.2, 0.25) is 11.8 Å². The molecule has 4 N–H and O–H groups in total. The number of hydrogen-bond acceptors (Lipinski definition) is 3. The SMILES string of the molecule is C.CC(C)[C@@H](NC(=O)CC1=CCNC=C1)C(=O)N1CC[C@H](C2=CC=C(Cl)CC2)C(C)(C)C1.O. The predicted molar refractivity (Wildman–Crippen MR) is 137 cm³/mol. The molecule has 0 radical (unpaired) electrons. The van der Waals surface area contributed by atoms with Crippen molar-refractivity contribution in [2.45, 2.75) is 66.8 Å². The summed E-state index contributed by atoms with van der Waals surface area (Å²) in [5.41, 5.74) is 2.40. The largest absolute Gasteiger partial charge is 0.412 e. The molecule has 3 rings (SSSR count). The number of hydrogen-bond donors (Lipinski definition) is 2. The second kappa shape index (κ2) is 12.4. The average molecular weight is 480 g/mol. The fourth-order valence-electron chi connectivity index (χ4n) is 4.89. The Morgan fingerprint density at radius 1 is 1.27 bits per heavy atom. The number of carbonyl (C=O) groups is 2. The Balaban J connectivity index is 0.00000272. The van der Waals surface area contributed by atoms with Crippen LogP contribution in [0.5, 0.6) is 0 Å². The summed E-state index contributed by atoms with van der Waals surface area (Å²) in [7, 11) is 0. The van der Waals surface area contributed by atoms with Crippen LogP contribution in [0.25, 0.3) is 0 Å². The first kappa shape index (κ1) is 29.0. The van der Waals surface area contributed by atoms with E-state index in [2.05, 4.69) is 30.6 Å². The summed E-state index contributed by atoms with van der Waals surface area (Å²) in [4.78, 5) is 28.0. The lowest BCUT2D eigenvalue weighted by Crippen LogP contribution is -2.56. The average Bonchev–Trinajstić information content (AvgIpc) is 2.72. The zero-order chi connectivity index (χ0) is 22.6. The summed E-state index contributed by atoms with van der Waals surface area (Å²) in [6.07, 6.45) is 13.1. The van der Waals surface area contributed by atoms with Gasteiger partial charge in [-0.15, -0.1) is 0 Å². The van der Waals surface area contributed by atoms with Gasteiger partial charge in [-0.2, -0.15) is 0 Å². The van der Waals surface area contributed by atoms with Gasteiger partial charge in [0.05, 0.1) is 6.42 Å². The number of nitrogens with zero attached hydrogens (tertiary/aromatic N) is 1. The van der Waals surface area contributed by atoms with Crippen molar-refractivity contribution in [1.29, 1.82) is 0 Å². The molecule has 0 spiro atoms. The van der Waals surface area contributed by atoms with E-state index in [0.29, 0.717) is 18.9 Å². The van der Waals surface area contributed by atoms with Crippen LogP contribution >= 0.6 is 11.6 Å². The summed E-state index contributed by atoms with van der Waals surface area (Å²) in [5.74, 6) is 0.409. The van der Waals surface area contributed by atoms with Gasteiger partial charge < -0.3 is 21.0 Å². The van der Waals surface area contributed by atoms with E-state index in [1.54, 1.807) is 0 Å². The predicted octanol–water partition coefficient (Wildman–Crippen LogP) is 4.09. The number of likely N-dealkylation sites (tertiary alicyclic amines) is 1. The molecule has 186 valence electrons. The molecule has 0 bridgehead atoms. The highest BCUT2D eigenvalue weighted by atomic mass is 35.5. The van der Waals surface area contributed by atoms with E-state index in [1.807, 2.05) is 43.2 Å². The molecule has 6 nitrogen and oxygen atoms in total. The van der Waals surface area contributed by atoms with E-state index in [-0.39, 0.29) is 36.1 Å². The lowest BCUT2D eigenvalue weighted by atomic mass is 9.68. The third kappa shape index (κ3) is 7.47. The molecule has 3 aliphatic rings. The molecule has 0 aromatic heterocycles. The lowest BCUT2D eigenvalue weighted by molar-refractivity contribution is -0.141.